The topological polar surface area (TPSA) is 45.2 Å². The Labute approximate surface area is 111 Å². The van der Waals surface area contributed by atoms with Gasteiger partial charge in [-0.1, -0.05) is 0 Å². The summed E-state index contributed by atoms with van der Waals surface area (Å²) < 4.78 is 10.7. The molecule has 0 amide bonds. The van der Waals surface area contributed by atoms with Crippen LogP contribution in [0.3, 0.4) is 0 Å². The predicted molar refractivity (Wildman–Crippen MR) is 71.8 cm³/mol. The highest BCUT2D eigenvalue weighted by molar-refractivity contribution is 4.76. The summed E-state index contributed by atoms with van der Waals surface area (Å²) in [6.07, 6.45) is 0.198. The maximum Gasteiger partial charge on any atom is 0.0793 e. The Bertz CT molecular complexity index is 218. The Kier molecular flexibility index (Phi) is 7.11. The van der Waals surface area contributed by atoms with E-state index in [0.29, 0.717) is 13.2 Å². The first-order valence-corrected chi connectivity index (χ1v) is 6.74. The van der Waals surface area contributed by atoms with Gasteiger partial charge in [-0.15, -0.1) is 0 Å². The fourth-order valence-corrected chi connectivity index (χ4v) is 2.49. The third-order valence-electron chi connectivity index (χ3n) is 3.16. The molecule has 0 radical (unpaired) electrons. The largest absolute Gasteiger partial charge is 0.390 e. The van der Waals surface area contributed by atoms with Gasteiger partial charge in [0.05, 0.1) is 24.9 Å². The Morgan fingerprint density at radius 3 is 2.56 bits per heavy atom. The second-order valence-corrected chi connectivity index (χ2v) is 5.38. The van der Waals surface area contributed by atoms with Crippen LogP contribution in [0.25, 0.3) is 0 Å². The summed E-state index contributed by atoms with van der Waals surface area (Å²) in [4.78, 5) is 4.38. The van der Waals surface area contributed by atoms with E-state index in [0.717, 1.165) is 26.2 Å². The molecule has 108 valence electrons. The van der Waals surface area contributed by atoms with E-state index in [1.807, 2.05) is 7.05 Å². The van der Waals surface area contributed by atoms with Gasteiger partial charge >= 0.3 is 0 Å². The lowest BCUT2D eigenvalue weighted by atomic mass is 10.2. The van der Waals surface area contributed by atoms with Gasteiger partial charge in [-0.05, 0) is 20.9 Å². The van der Waals surface area contributed by atoms with Gasteiger partial charge in [0.25, 0.3) is 0 Å². The van der Waals surface area contributed by atoms with E-state index >= 15 is 0 Å². The second kappa shape index (κ2) is 8.07. The van der Waals surface area contributed by atoms with Crippen molar-refractivity contribution in [3.63, 3.8) is 0 Å². The van der Waals surface area contributed by atoms with Crippen molar-refractivity contribution in [2.75, 3.05) is 53.5 Å². The molecule has 1 heterocycles. The molecule has 3 atom stereocenters. The molecule has 0 aromatic heterocycles. The average molecular weight is 260 g/mol. The van der Waals surface area contributed by atoms with E-state index in [-0.39, 0.29) is 18.3 Å². The lowest BCUT2D eigenvalue weighted by molar-refractivity contribution is -0.0778. The summed E-state index contributed by atoms with van der Waals surface area (Å²) in [6, 6.07) is 0. The molecule has 0 aliphatic carbocycles. The average Bonchev–Trinajstić information content (AvgIpc) is 2.24. The van der Waals surface area contributed by atoms with Gasteiger partial charge in [0, 0.05) is 39.8 Å². The zero-order valence-electron chi connectivity index (χ0n) is 12.1. The van der Waals surface area contributed by atoms with Crippen LogP contribution in [-0.4, -0.2) is 86.7 Å². The molecule has 1 N–H and O–H groups in total. The van der Waals surface area contributed by atoms with Crippen LogP contribution in [-0.2, 0) is 9.47 Å². The Morgan fingerprint density at radius 2 is 2.00 bits per heavy atom. The zero-order chi connectivity index (χ0) is 13.5. The van der Waals surface area contributed by atoms with Crippen molar-refractivity contribution in [3.8, 4) is 0 Å². The van der Waals surface area contributed by atoms with Crippen molar-refractivity contribution < 1.29 is 14.6 Å². The normalized spacial score (nSPS) is 27.7. The van der Waals surface area contributed by atoms with Gasteiger partial charge in [0.1, 0.15) is 0 Å². The van der Waals surface area contributed by atoms with Crippen molar-refractivity contribution in [2.24, 2.45) is 0 Å². The van der Waals surface area contributed by atoms with Crippen molar-refractivity contribution in [1.29, 1.82) is 0 Å². The van der Waals surface area contributed by atoms with Crippen LogP contribution < -0.4 is 0 Å². The molecule has 3 unspecified atom stereocenters. The van der Waals surface area contributed by atoms with Gasteiger partial charge in [-0.3, -0.25) is 4.90 Å². The van der Waals surface area contributed by atoms with E-state index in [9.17, 15) is 5.11 Å². The number of aliphatic hydroxyl groups excluding tert-OH is 1. The molecular weight excluding hydrogens is 232 g/mol. The van der Waals surface area contributed by atoms with Crippen LogP contribution in [0, 0.1) is 0 Å². The quantitative estimate of drug-likeness (QED) is 0.700. The lowest BCUT2D eigenvalue weighted by Crippen LogP contribution is -2.49. The molecule has 0 aromatic rings. The molecule has 5 heteroatoms. The summed E-state index contributed by atoms with van der Waals surface area (Å²) >= 11 is 0. The minimum absolute atomic E-state index is 0.257. The van der Waals surface area contributed by atoms with E-state index in [1.54, 1.807) is 7.11 Å². The third kappa shape index (κ3) is 6.11. The predicted octanol–water partition coefficient (Wildman–Crippen LogP) is 0.0347. The summed E-state index contributed by atoms with van der Waals surface area (Å²) in [5.41, 5.74) is 0. The van der Waals surface area contributed by atoms with Crippen molar-refractivity contribution in [3.05, 3.63) is 0 Å². The lowest BCUT2D eigenvalue weighted by Gasteiger charge is -2.36. The highest BCUT2D eigenvalue weighted by Crippen LogP contribution is 2.11. The fraction of sp³-hybridized carbons (Fsp3) is 1.00. The molecule has 0 spiro atoms. The monoisotopic (exact) mass is 260 g/mol. The van der Waals surface area contributed by atoms with Gasteiger partial charge in [-0.2, -0.15) is 0 Å². The summed E-state index contributed by atoms with van der Waals surface area (Å²) in [5.74, 6) is 0. The third-order valence-corrected chi connectivity index (χ3v) is 3.16. The molecular formula is C13H28N2O3. The van der Waals surface area contributed by atoms with Crippen LogP contribution in [0.5, 0.6) is 0 Å². The standard InChI is InChI=1S/C13H28N2O3/c1-11-7-15(8-12(2)18-11)10-13(16)9-14(3)5-6-17-4/h11-13,16H,5-10H2,1-4H3. The van der Waals surface area contributed by atoms with Crippen LogP contribution in [0.2, 0.25) is 0 Å². The maximum absolute atomic E-state index is 10.1. The van der Waals surface area contributed by atoms with E-state index in [1.165, 1.54) is 0 Å². The number of β-amino-alcohol motifs (C(OH)–C–C–N with tert-alkyl or cyclic N) is 1. The number of hydrogen-bond donors (Lipinski definition) is 1. The molecule has 0 bridgehead atoms. The highest BCUT2D eigenvalue weighted by Gasteiger charge is 2.24. The van der Waals surface area contributed by atoms with E-state index in [4.69, 9.17) is 9.47 Å². The van der Waals surface area contributed by atoms with Crippen molar-refractivity contribution >= 4 is 0 Å². The Morgan fingerprint density at radius 1 is 1.39 bits per heavy atom. The zero-order valence-corrected chi connectivity index (χ0v) is 12.1. The number of rotatable bonds is 7. The molecule has 1 saturated heterocycles. The minimum atomic E-state index is -0.315. The molecule has 1 rings (SSSR count). The molecule has 1 aliphatic rings. The SMILES string of the molecule is COCCN(C)CC(O)CN1CC(C)OC(C)C1. The van der Waals surface area contributed by atoms with Crippen LogP contribution in [0.15, 0.2) is 0 Å². The first-order chi connectivity index (χ1) is 8.51. The summed E-state index contributed by atoms with van der Waals surface area (Å²) in [6.45, 7) is 8.93. The maximum atomic E-state index is 10.1. The summed E-state index contributed by atoms with van der Waals surface area (Å²) in [5, 5.41) is 10.1. The number of likely N-dealkylation sites (N-methyl/N-ethyl adjacent to an activating group) is 1. The van der Waals surface area contributed by atoms with Crippen LogP contribution >= 0.6 is 0 Å². The van der Waals surface area contributed by atoms with Gasteiger partial charge in [0.15, 0.2) is 0 Å². The molecule has 1 fully saturated rings. The molecule has 0 saturated carbocycles. The smallest absolute Gasteiger partial charge is 0.0793 e. The van der Waals surface area contributed by atoms with E-state index < -0.39 is 0 Å². The minimum Gasteiger partial charge on any atom is -0.390 e. The van der Waals surface area contributed by atoms with Crippen LogP contribution in [0.1, 0.15) is 13.8 Å². The fourth-order valence-electron chi connectivity index (χ4n) is 2.49. The summed E-state index contributed by atoms with van der Waals surface area (Å²) in [7, 11) is 3.70. The van der Waals surface area contributed by atoms with Crippen LogP contribution in [0.4, 0.5) is 0 Å². The number of nitrogens with zero attached hydrogens (tertiary/aromatic N) is 2. The molecule has 1 aliphatic heterocycles. The highest BCUT2D eigenvalue weighted by atomic mass is 16.5. The molecule has 18 heavy (non-hydrogen) atoms. The Hall–Kier alpha value is -0.200. The van der Waals surface area contributed by atoms with E-state index in [2.05, 4.69) is 23.6 Å². The van der Waals surface area contributed by atoms with Gasteiger partial charge in [-0.25, -0.2) is 0 Å². The number of methoxy groups -OCH3 is 1. The van der Waals surface area contributed by atoms with Crippen molar-refractivity contribution in [1.82, 2.24) is 9.80 Å². The molecule has 0 aromatic carbocycles. The number of ether oxygens (including phenoxy) is 2. The number of morpholine rings is 1. The Balaban J connectivity index is 2.24. The van der Waals surface area contributed by atoms with Gasteiger partial charge in [0.2, 0.25) is 0 Å². The first kappa shape index (κ1) is 15.9. The first-order valence-electron chi connectivity index (χ1n) is 6.74. The molecule has 5 nitrogen and oxygen atoms in total. The second-order valence-electron chi connectivity index (χ2n) is 5.38. The van der Waals surface area contributed by atoms with Crippen molar-refractivity contribution in [2.45, 2.75) is 32.2 Å². The van der Waals surface area contributed by atoms with Gasteiger partial charge < -0.3 is 19.5 Å². The number of aliphatic hydroxyl groups is 1. The number of hydrogen-bond acceptors (Lipinski definition) is 5.